The molecular formula is C21H29N3O6. The van der Waals surface area contributed by atoms with Crippen LogP contribution in [0.15, 0.2) is 29.4 Å². The predicted octanol–water partition coefficient (Wildman–Crippen LogP) is 1.60. The zero-order valence-corrected chi connectivity index (χ0v) is 18.1. The monoisotopic (exact) mass is 419 g/mol. The first-order valence-corrected chi connectivity index (χ1v) is 10.0. The minimum absolute atomic E-state index is 0.431. The van der Waals surface area contributed by atoms with Crippen LogP contribution < -0.4 is 10.3 Å². The number of carbonyl (C=O) groups excluding carboxylic acids is 1. The number of benzene rings is 1. The molecule has 1 aromatic carbocycles. The van der Waals surface area contributed by atoms with E-state index < -0.39 is 48.2 Å². The highest BCUT2D eigenvalue weighted by molar-refractivity contribution is 5.85. The van der Waals surface area contributed by atoms with Crippen LogP contribution in [0.4, 0.5) is 5.69 Å². The van der Waals surface area contributed by atoms with Gasteiger partial charge in [0.2, 0.25) is 0 Å². The molecule has 30 heavy (non-hydrogen) atoms. The van der Waals surface area contributed by atoms with Gasteiger partial charge in [-0.1, -0.05) is 12.1 Å². The van der Waals surface area contributed by atoms with Crippen molar-refractivity contribution in [3.63, 3.8) is 0 Å². The molecule has 3 aliphatic rings. The molecule has 0 saturated carbocycles. The molecule has 164 valence electrons. The number of ether oxygens (including phenoxy) is 5. The van der Waals surface area contributed by atoms with E-state index >= 15 is 0 Å². The van der Waals surface area contributed by atoms with Gasteiger partial charge in [-0.15, -0.1) is 0 Å². The zero-order chi connectivity index (χ0) is 21.7. The number of nitrogens with zero attached hydrogens (tertiary/aromatic N) is 2. The summed E-state index contributed by atoms with van der Waals surface area (Å²) in [5, 5.41) is 4.07. The molecule has 4 rings (SSSR count). The Morgan fingerprint density at radius 1 is 0.967 bits per heavy atom. The van der Waals surface area contributed by atoms with E-state index in [1.165, 1.54) is 0 Å². The molecule has 0 spiro atoms. The van der Waals surface area contributed by atoms with Crippen LogP contribution in [0.3, 0.4) is 0 Å². The van der Waals surface area contributed by atoms with Gasteiger partial charge < -0.3 is 28.6 Å². The number of hydrogen-bond donors (Lipinski definition) is 1. The Bertz CT molecular complexity index is 823. The average molecular weight is 419 g/mol. The maximum Gasteiger partial charge on any atom is 0.272 e. The van der Waals surface area contributed by atoms with E-state index in [0.717, 1.165) is 11.3 Å². The van der Waals surface area contributed by atoms with Crippen molar-refractivity contribution in [2.75, 3.05) is 19.0 Å². The van der Waals surface area contributed by atoms with Crippen molar-refractivity contribution in [1.82, 2.24) is 5.43 Å². The highest BCUT2D eigenvalue weighted by Crippen LogP contribution is 2.44. The summed E-state index contributed by atoms with van der Waals surface area (Å²) in [5.41, 5.74) is 4.48. The third kappa shape index (κ3) is 4.21. The van der Waals surface area contributed by atoms with Crippen LogP contribution >= 0.6 is 0 Å². The van der Waals surface area contributed by atoms with E-state index in [2.05, 4.69) is 10.5 Å². The summed E-state index contributed by atoms with van der Waals surface area (Å²) < 4.78 is 29.6. The maximum absolute atomic E-state index is 12.8. The van der Waals surface area contributed by atoms with Gasteiger partial charge in [-0.3, -0.25) is 4.79 Å². The average Bonchev–Trinajstić information content (AvgIpc) is 3.15. The Kier molecular flexibility index (Phi) is 5.36. The molecule has 0 bridgehead atoms. The molecule has 1 amide bonds. The van der Waals surface area contributed by atoms with Crippen LogP contribution in [-0.2, 0) is 28.5 Å². The van der Waals surface area contributed by atoms with Crippen molar-refractivity contribution in [2.24, 2.45) is 5.10 Å². The zero-order valence-electron chi connectivity index (χ0n) is 18.1. The van der Waals surface area contributed by atoms with Gasteiger partial charge in [0.25, 0.3) is 5.91 Å². The summed E-state index contributed by atoms with van der Waals surface area (Å²) in [6.45, 7) is 7.19. The fourth-order valence-corrected chi connectivity index (χ4v) is 3.92. The third-order valence-electron chi connectivity index (χ3n) is 5.21. The molecule has 3 heterocycles. The van der Waals surface area contributed by atoms with Gasteiger partial charge in [0.1, 0.15) is 18.3 Å². The number of anilines is 1. The van der Waals surface area contributed by atoms with Crippen LogP contribution in [0.5, 0.6) is 0 Å². The van der Waals surface area contributed by atoms with Crippen molar-refractivity contribution in [1.29, 1.82) is 0 Å². The second-order valence-electron chi connectivity index (χ2n) is 8.81. The summed E-state index contributed by atoms with van der Waals surface area (Å²) in [6, 6.07) is 7.79. The van der Waals surface area contributed by atoms with E-state index in [1.807, 2.05) is 43.3 Å². The van der Waals surface area contributed by atoms with Crippen LogP contribution in [0.2, 0.25) is 0 Å². The van der Waals surface area contributed by atoms with Crippen molar-refractivity contribution in [3.05, 3.63) is 29.8 Å². The first-order chi connectivity index (χ1) is 14.0. The lowest BCUT2D eigenvalue weighted by atomic mass is 9.98. The summed E-state index contributed by atoms with van der Waals surface area (Å²) in [7, 11) is 3.95. The maximum atomic E-state index is 12.8. The highest BCUT2D eigenvalue weighted by atomic mass is 16.9. The molecule has 1 N–H and O–H groups in total. The molecular weight excluding hydrogens is 390 g/mol. The van der Waals surface area contributed by atoms with Crippen LogP contribution in [0.25, 0.3) is 0 Å². The van der Waals surface area contributed by atoms with Gasteiger partial charge in [-0.2, -0.15) is 5.10 Å². The molecule has 0 aliphatic carbocycles. The van der Waals surface area contributed by atoms with Crippen LogP contribution in [0.1, 0.15) is 33.3 Å². The summed E-state index contributed by atoms with van der Waals surface area (Å²) in [6.07, 6.45) is -1.68. The number of nitrogens with one attached hydrogen (secondary N) is 1. The van der Waals surface area contributed by atoms with Gasteiger partial charge in [0, 0.05) is 19.8 Å². The molecule has 9 nitrogen and oxygen atoms in total. The predicted molar refractivity (Wildman–Crippen MR) is 109 cm³/mol. The Morgan fingerprint density at radius 3 is 2.23 bits per heavy atom. The fourth-order valence-electron chi connectivity index (χ4n) is 3.92. The largest absolute Gasteiger partial charge is 0.378 e. The molecule has 5 atom stereocenters. The van der Waals surface area contributed by atoms with E-state index in [-0.39, 0.29) is 0 Å². The molecule has 0 radical (unpaired) electrons. The summed E-state index contributed by atoms with van der Waals surface area (Å²) >= 11 is 0. The number of fused-ring (bicyclic) bond motifs is 3. The Morgan fingerprint density at radius 2 is 1.57 bits per heavy atom. The number of rotatable bonds is 4. The van der Waals surface area contributed by atoms with Crippen LogP contribution in [0, 0.1) is 0 Å². The number of hydrogen-bond acceptors (Lipinski definition) is 8. The summed E-state index contributed by atoms with van der Waals surface area (Å²) in [5.74, 6) is -2.13. The lowest BCUT2D eigenvalue weighted by Crippen LogP contribution is -2.59. The van der Waals surface area contributed by atoms with Gasteiger partial charge in [0.05, 0.1) is 6.21 Å². The van der Waals surface area contributed by atoms with E-state index in [1.54, 1.807) is 33.9 Å². The summed E-state index contributed by atoms with van der Waals surface area (Å²) in [4.78, 5) is 14.9. The van der Waals surface area contributed by atoms with Crippen molar-refractivity contribution < 1.29 is 28.5 Å². The van der Waals surface area contributed by atoms with E-state index in [4.69, 9.17) is 23.7 Å². The number of hydrazone groups is 1. The highest BCUT2D eigenvalue weighted by Gasteiger charge is 2.62. The standard InChI is InChI=1S/C21H29N3O6/c1-20(2)27-14-15(28-20)17-19(30-21(3,4)29-17)26-16(14)18(25)23-22-11-12-7-9-13(10-8-12)24(5)6/h7-11,14-17,19H,1-6H3,(H,23,25)/b22-11-/t14-,15+,16+,17-,19-/m1/s1. The van der Waals surface area contributed by atoms with Gasteiger partial charge in [0.15, 0.2) is 24.0 Å². The lowest BCUT2D eigenvalue weighted by molar-refractivity contribution is -0.231. The Hall–Kier alpha value is -2.04. The molecule has 3 saturated heterocycles. The molecule has 0 unspecified atom stereocenters. The van der Waals surface area contributed by atoms with Gasteiger partial charge in [-0.05, 0) is 45.4 Å². The Balaban J connectivity index is 1.45. The second kappa shape index (κ2) is 7.58. The van der Waals surface area contributed by atoms with E-state index in [9.17, 15) is 4.79 Å². The normalized spacial score (nSPS) is 33.9. The fraction of sp³-hybridized carbons (Fsp3) is 0.619. The molecule has 1 aromatic rings. The first-order valence-electron chi connectivity index (χ1n) is 10.0. The van der Waals surface area contributed by atoms with E-state index in [0.29, 0.717) is 0 Å². The smallest absolute Gasteiger partial charge is 0.272 e. The topological polar surface area (TPSA) is 90.9 Å². The van der Waals surface area contributed by atoms with Crippen molar-refractivity contribution in [2.45, 2.75) is 70.0 Å². The molecule has 0 aromatic heterocycles. The SMILES string of the molecule is CN(C)c1ccc(/C=N\NC(=O)[C@H]2O[C@@H]3OC(C)(C)O[C@@H]3[C@H]3OC(C)(C)O[C@H]32)cc1. The third-order valence-corrected chi connectivity index (χ3v) is 5.21. The molecule has 3 fully saturated rings. The minimum Gasteiger partial charge on any atom is -0.378 e. The molecule has 9 heteroatoms. The second-order valence-corrected chi connectivity index (χ2v) is 8.81. The van der Waals surface area contributed by atoms with Crippen molar-refractivity contribution >= 4 is 17.8 Å². The number of amides is 1. The number of carbonyl (C=O) groups is 1. The van der Waals surface area contributed by atoms with Gasteiger partial charge >= 0.3 is 0 Å². The first kappa shape index (κ1) is 21.2. The lowest BCUT2D eigenvalue weighted by Gasteiger charge is -2.36. The van der Waals surface area contributed by atoms with Crippen molar-refractivity contribution in [3.8, 4) is 0 Å². The minimum atomic E-state index is -0.941. The van der Waals surface area contributed by atoms with Crippen LogP contribution in [-0.4, -0.2) is 68.5 Å². The quantitative estimate of drug-likeness (QED) is 0.586. The van der Waals surface area contributed by atoms with Gasteiger partial charge in [-0.25, -0.2) is 5.43 Å². The Labute approximate surface area is 176 Å². The molecule has 3 aliphatic heterocycles.